The van der Waals surface area contributed by atoms with Crippen molar-refractivity contribution >= 4 is 29.6 Å². The molecule has 0 unspecified atom stereocenters. The lowest BCUT2D eigenvalue weighted by molar-refractivity contribution is 0.0904. The minimum Gasteiger partial charge on any atom is -0.381 e. The van der Waals surface area contributed by atoms with Gasteiger partial charge in [0.1, 0.15) is 11.6 Å². The van der Waals surface area contributed by atoms with Crippen LogP contribution in [0.1, 0.15) is 29.9 Å². The van der Waals surface area contributed by atoms with Gasteiger partial charge < -0.3 is 15.4 Å². The molecule has 7 nitrogen and oxygen atoms in total. The normalized spacial score (nSPS) is 15.0. The van der Waals surface area contributed by atoms with Gasteiger partial charge in [-0.3, -0.25) is 5.10 Å². The molecule has 0 aliphatic carbocycles. The summed E-state index contributed by atoms with van der Waals surface area (Å²) in [6, 6.07) is 14.3. The van der Waals surface area contributed by atoms with Crippen LogP contribution < -0.4 is 10.6 Å². The molecule has 3 heterocycles. The van der Waals surface area contributed by atoms with Crippen LogP contribution in [0.25, 0.3) is 12.2 Å². The summed E-state index contributed by atoms with van der Waals surface area (Å²) in [5, 5.41) is 13.9. The molecule has 2 aromatic heterocycles. The van der Waals surface area contributed by atoms with Crippen LogP contribution in [0.15, 0.2) is 42.5 Å². The molecule has 3 N–H and O–H groups in total. The van der Waals surface area contributed by atoms with Crippen molar-refractivity contribution < 1.29 is 4.74 Å². The zero-order chi connectivity index (χ0) is 19.2. The van der Waals surface area contributed by atoms with Gasteiger partial charge in [0.2, 0.25) is 0 Å². The van der Waals surface area contributed by atoms with Crippen LogP contribution in [-0.4, -0.2) is 39.4 Å². The van der Waals surface area contributed by atoms with Gasteiger partial charge in [-0.05, 0) is 31.4 Å². The third kappa shape index (κ3) is 4.95. The maximum atomic E-state index is 5.45. The molecule has 1 saturated heterocycles. The number of H-pyrrole nitrogens is 1. The molecule has 28 heavy (non-hydrogen) atoms. The van der Waals surface area contributed by atoms with Gasteiger partial charge in [0.15, 0.2) is 11.6 Å². The summed E-state index contributed by atoms with van der Waals surface area (Å²) >= 11 is 0. The second-order valence-corrected chi connectivity index (χ2v) is 6.83. The summed E-state index contributed by atoms with van der Waals surface area (Å²) in [4.78, 5) is 9.29. The number of aromatic nitrogens is 4. The molecule has 1 aliphatic rings. The number of anilines is 3. The lowest BCUT2D eigenvalue weighted by atomic mass is 10.1. The zero-order valence-corrected chi connectivity index (χ0v) is 15.9. The van der Waals surface area contributed by atoms with Gasteiger partial charge in [-0.15, -0.1) is 0 Å². The molecule has 144 valence electrons. The van der Waals surface area contributed by atoms with Crippen LogP contribution in [0.5, 0.6) is 0 Å². The molecule has 3 aromatic rings. The Morgan fingerprint density at radius 1 is 1.00 bits per heavy atom. The van der Waals surface area contributed by atoms with Gasteiger partial charge in [-0.2, -0.15) is 5.10 Å². The number of hydrogen-bond acceptors (Lipinski definition) is 6. The Morgan fingerprint density at radius 2 is 1.79 bits per heavy atom. The first-order valence-electron chi connectivity index (χ1n) is 9.50. The highest BCUT2D eigenvalue weighted by atomic mass is 16.5. The third-order valence-corrected chi connectivity index (χ3v) is 4.50. The van der Waals surface area contributed by atoms with Gasteiger partial charge in [0.25, 0.3) is 0 Å². The van der Waals surface area contributed by atoms with Crippen molar-refractivity contribution in [2.75, 3.05) is 23.8 Å². The molecule has 0 atom stereocenters. The molecule has 0 spiro atoms. The fourth-order valence-corrected chi connectivity index (χ4v) is 3.08. The van der Waals surface area contributed by atoms with Crippen molar-refractivity contribution in [2.45, 2.75) is 25.8 Å². The predicted molar refractivity (Wildman–Crippen MR) is 111 cm³/mol. The topological polar surface area (TPSA) is 87.8 Å². The van der Waals surface area contributed by atoms with Gasteiger partial charge in [-0.1, -0.05) is 36.4 Å². The summed E-state index contributed by atoms with van der Waals surface area (Å²) in [6.45, 7) is 3.52. The first-order valence-corrected chi connectivity index (χ1v) is 9.50. The minimum atomic E-state index is 0.357. The molecule has 0 saturated carbocycles. The van der Waals surface area contributed by atoms with E-state index in [-0.39, 0.29) is 0 Å². The molecule has 0 bridgehead atoms. The maximum Gasteiger partial charge on any atom is 0.156 e. The molecule has 1 aromatic carbocycles. The van der Waals surface area contributed by atoms with Crippen LogP contribution in [0.4, 0.5) is 17.5 Å². The van der Waals surface area contributed by atoms with Crippen molar-refractivity contribution in [2.24, 2.45) is 0 Å². The van der Waals surface area contributed by atoms with Crippen LogP contribution in [-0.2, 0) is 4.74 Å². The fraction of sp³-hybridized carbons (Fsp3) is 0.286. The number of benzene rings is 1. The third-order valence-electron chi connectivity index (χ3n) is 4.50. The van der Waals surface area contributed by atoms with E-state index in [0.717, 1.165) is 48.9 Å². The molecular formula is C21H24N6O. The molecule has 0 amide bonds. The molecular weight excluding hydrogens is 352 g/mol. The summed E-state index contributed by atoms with van der Waals surface area (Å²) in [5.41, 5.74) is 2.09. The van der Waals surface area contributed by atoms with Crippen molar-refractivity contribution in [3.05, 3.63) is 59.5 Å². The monoisotopic (exact) mass is 376 g/mol. The summed E-state index contributed by atoms with van der Waals surface area (Å²) in [5.74, 6) is 2.86. The van der Waals surface area contributed by atoms with E-state index >= 15 is 0 Å². The lowest BCUT2D eigenvalue weighted by Crippen LogP contribution is -2.28. The smallest absolute Gasteiger partial charge is 0.156 e. The van der Waals surface area contributed by atoms with E-state index in [1.807, 2.05) is 61.5 Å². The highest BCUT2D eigenvalue weighted by Gasteiger charge is 2.15. The SMILES string of the molecule is Cc1cc(Nc2cc(NC3CCOCC3)nc(C=Cc3ccccc3)n2)n[nH]1. The second kappa shape index (κ2) is 8.67. The highest BCUT2D eigenvalue weighted by Crippen LogP contribution is 2.20. The fourth-order valence-electron chi connectivity index (χ4n) is 3.08. The van der Waals surface area contributed by atoms with Gasteiger partial charge in [0, 0.05) is 37.1 Å². The first-order chi connectivity index (χ1) is 13.7. The van der Waals surface area contributed by atoms with Crippen molar-refractivity contribution in [3.8, 4) is 0 Å². The van der Waals surface area contributed by atoms with Crippen molar-refractivity contribution in [3.63, 3.8) is 0 Å². The number of ether oxygens (including phenoxy) is 1. The van der Waals surface area contributed by atoms with Gasteiger partial charge in [-0.25, -0.2) is 9.97 Å². The summed E-state index contributed by atoms with van der Waals surface area (Å²) in [6.07, 6.45) is 5.88. The van der Waals surface area contributed by atoms with Crippen LogP contribution in [0.2, 0.25) is 0 Å². The maximum absolute atomic E-state index is 5.45. The minimum absolute atomic E-state index is 0.357. The summed E-state index contributed by atoms with van der Waals surface area (Å²) in [7, 11) is 0. The molecule has 1 fully saturated rings. The van der Waals surface area contributed by atoms with Crippen LogP contribution in [0.3, 0.4) is 0 Å². The Hall–Kier alpha value is -3.19. The number of aromatic amines is 1. The molecule has 0 radical (unpaired) electrons. The summed E-state index contributed by atoms with van der Waals surface area (Å²) < 4.78 is 5.45. The van der Waals surface area contributed by atoms with E-state index in [0.29, 0.717) is 17.7 Å². The standard InChI is InChI=1S/C21H24N6O/c1-15-13-21(27-26-15)25-20-14-19(22-17-9-11-28-12-10-17)23-18(24-20)8-7-16-5-3-2-4-6-16/h2-8,13-14,17H,9-12H2,1H3,(H3,22,23,24,25,26,27). The Kier molecular flexibility index (Phi) is 5.63. The van der Waals surface area contributed by atoms with E-state index in [1.165, 1.54) is 0 Å². The van der Waals surface area contributed by atoms with E-state index in [1.54, 1.807) is 0 Å². The zero-order valence-electron chi connectivity index (χ0n) is 15.9. The average Bonchev–Trinajstić information content (AvgIpc) is 3.12. The van der Waals surface area contributed by atoms with Crippen molar-refractivity contribution in [1.82, 2.24) is 20.2 Å². The first kappa shape index (κ1) is 18.2. The van der Waals surface area contributed by atoms with E-state index in [2.05, 4.69) is 30.8 Å². The average molecular weight is 376 g/mol. The Bertz CT molecular complexity index is 931. The number of rotatable bonds is 6. The molecule has 7 heteroatoms. The highest BCUT2D eigenvalue weighted by molar-refractivity contribution is 5.68. The predicted octanol–water partition coefficient (Wildman–Crippen LogP) is 4.01. The van der Waals surface area contributed by atoms with Crippen molar-refractivity contribution in [1.29, 1.82) is 0 Å². The number of aryl methyl sites for hydroxylation is 1. The number of hydrogen-bond donors (Lipinski definition) is 3. The quantitative estimate of drug-likeness (QED) is 0.602. The van der Waals surface area contributed by atoms with Crippen LogP contribution in [0, 0.1) is 6.92 Å². The van der Waals surface area contributed by atoms with E-state index in [9.17, 15) is 0 Å². The second-order valence-electron chi connectivity index (χ2n) is 6.83. The lowest BCUT2D eigenvalue weighted by Gasteiger charge is -2.23. The number of nitrogens with zero attached hydrogens (tertiary/aromatic N) is 3. The van der Waals surface area contributed by atoms with E-state index < -0.39 is 0 Å². The van der Waals surface area contributed by atoms with Gasteiger partial charge >= 0.3 is 0 Å². The molecule has 1 aliphatic heterocycles. The Morgan fingerprint density at radius 3 is 2.54 bits per heavy atom. The number of nitrogens with one attached hydrogen (secondary N) is 3. The molecule has 4 rings (SSSR count). The van der Waals surface area contributed by atoms with Gasteiger partial charge in [0.05, 0.1) is 0 Å². The van der Waals surface area contributed by atoms with E-state index in [4.69, 9.17) is 4.74 Å². The Balaban J connectivity index is 1.58. The Labute approximate surface area is 164 Å². The largest absolute Gasteiger partial charge is 0.381 e. The van der Waals surface area contributed by atoms with Crippen LogP contribution >= 0.6 is 0 Å².